The highest BCUT2D eigenvalue weighted by molar-refractivity contribution is 7.91. The number of rotatable bonds is 6. The van der Waals surface area contributed by atoms with Gasteiger partial charge >= 0.3 is 0 Å². The molecule has 140 valence electrons. The van der Waals surface area contributed by atoms with E-state index in [0.29, 0.717) is 0 Å². The first-order valence-corrected chi connectivity index (χ1v) is 11.5. The van der Waals surface area contributed by atoms with Gasteiger partial charge in [0.2, 0.25) is 0 Å². The summed E-state index contributed by atoms with van der Waals surface area (Å²) in [5.74, 6) is -0.365. The Bertz CT molecular complexity index is 851. The van der Waals surface area contributed by atoms with E-state index >= 15 is 0 Å². The number of sulfone groups is 1. The maximum atomic E-state index is 12.3. The molecule has 8 heteroatoms. The van der Waals surface area contributed by atoms with Gasteiger partial charge in [-0.25, -0.2) is 8.42 Å². The molecule has 0 spiro atoms. The molecule has 0 saturated carbocycles. The van der Waals surface area contributed by atoms with Gasteiger partial charge in [0.05, 0.1) is 27.8 Å². The zero-order chi connectivity index (χ0) is 18.7. The molecule has 0 aliphatic carbocycles. The molecule has 2 aromatic rings. The van der Waals surface area contributed by atoms with Crippen molar-refractivity contribution >= 4 is 38.7 Å². The maximum absolute atomic E-state index is 12.3. The highest BCUT2D eigenvalue weighted by atomic mass is 35.5. The molecule has 1 fully saturated rings. The van der Waals surface area contributed by atoms with Gasteiger partial charge in [0.25, 0.3) is 5.91 Å². The van der Waals surface area contributed by atoms with Crippen molar-refractivity contribution in [3.8, 4) is 0 Å². The Hall–Kier alpha value is -1.41. The number of thiophene rings is 1. The van der Waals surface area contributed by atoms with Gasteiger partial charge in [0.15, 0.2) is 16.4 Å². The first-order chi connectivity index (χ1) is 12.3. The Kier molecular flexibility index (Phi) is 6.02. The van der Waals surface area contributed by atoms with Crippen LogP contribution < -0.4 is 10.6 Å². The number of amides is 1. The number of nitrogens with two attached hydrogens (primary N) is 1. The highest BCUT2D eigenvalue weighted by Crippen LogP contribution is 2.23. The fourth-order valence-corrected chi connectivity index (χ4v) is 6.49. The number of hydrogen-bond acceptors (Lipinski definition) is 4. The lowest BCUT2D eigenvalue weighted by Crippen LogP contribution is -2.87. The van der Waals surface area contributed by atoms with Gasteiger partial charge < -0.3 is 10.6 Å². The lowest BCUT2D eigenvalue weighted by Gasteiger charge is -2.17. The SMILES string of the molecule is Cc1ccc([C@H]([NH2+]CC(=O)N[C@@H]2CS(=O)(=O)C[C@@H]2Cl)c2cccs2)cc1. The largest absolute Gasteiger partial charge is 0.346 e. The van der Waals surface area contributed by atoms with Gasteiger partial charge in [-0.3, -0.25) is 4.79 Å². The van der Waals surface area contributed by atoms with Crippen molar-refractivity contribution in [2.45, 2.75) is 24.4 Å². The van der Waals surface area contributed by atoms with Crippen molar-refractivity contribution in [1.82, 2.24) is 5.32 Å². The first kappa shape index (κ1) is 19.4. The molecule has 1 aliphatic heterocycles. The van der Waals surface area contributed by atoms with E-state index in [1.165, 1.54) is 10.4 Å². The minimum atomic E-state index is -3.16. The third-order valence-corrected chi connectivity index (χ3v) is 7.79. The summed E-state index contributed by atoms with van der Waals surface area (Å²) in [6.45, 7) is 2.25. The fraction of sp³-hybridized carbons (Fsp3) is 0.389. The second kappa shape index (κ2) is 8.08. The molecular weight excluding hydrogens is 392 g/mol. The third kappa shape index (κ3) is 4.85. The van der Waals surface area contributed by atoms with Crippen LogP contribution in [-0.4, -0.2) is 43.8 Å². The molecule has 1 amide bonds. The van der Waals surface area contributed by atoms with Gasteiger partial charge in [-0.2, -0.15) is 0 Å². The van der Waals surface area contributed by atoms with E-state index in [1.807, 2.05) is 23.7 Å². The summed E-state index contributed by atoms with van der Waals surface area (Å²) in [6, 6.07) is 11.8. The number of quaternary nitrogens is 1. The number of carbonyl (C=O) groups excluding carboxylic acids is 1. The standard InChI is InChI=1S/C18H21ClN2O3S2/c1-12-4-6-13(7-5-12)18(16-3-2-8-25-16)20-9-17(22)21-15-11-26(23,24)10-14(15)19/h2-8,14-15,18,20H,9-11H2,1H3,(H,21,22)/p+1/t14-,15+,18-/m0/s1. The number of alkyl halides is 1. The van der Waals surface area contributed by atoms with E-state index in [4.69, 9.17) is 11.6 Å². The van der Waals surface area contributed by atoms with E-state index in [1.54, 1.807) is 11.3 Å². The van der Waals surface area contributed by atoms with Crippen LogP contribution in [0.2, 0.25) is 0 Å². The second-order valence-electron chi connectivity index (χ2n) is 6.61. The second-order valence-corrected chi connectivity index (χ2v) is 10.3. The zero-order valence-electron chi connectivity index (χ0n) is 14.4. The molecule has 1 aromatic heterocycles. The zero-order valence-corrected chi connectivity index (χ0v) is 16.8. The lowest BCUT2D eigenvalue weighted by atomic mass is 10.0. The van der Waals surface area contributed by atoms with E-state index in [-0.39, 0.29) is 30.0 Å². The van der Waals surface area contributed by atoms with Crippen molar-refractivity contribution in [3.63, 3.8) is 0 Å². The van der Waals surface area contributed by atoms with E-state index in [0.717, 1.165) is 5.56 Å². The predicted octanol–water partition coefficient (Wildman–Crippen LogP) is 1.23. The van der Waals surface area contributed by atoms with Crippen LogP contribution in [0.15, 0.2) is 41.8 Å². The summed E-state index contributed by atoms with van der Waals surface area (Å²) in [5.41, 5.74) is 2.32. The maximum Gasteiger partial charge on any atom is 0.275 e. The van der Waals surface area contributed by atoms with E-state index in [2.05, 4.69) is 35.6 Å². The summed E-state index contributed by atoms with van der Waals surface area (Å²) < 4.78 is 23.2. The van der Waals surface area contributed by atoms with Crippen LogP contribution in [0.3, 0.4) is 0 Å². The summed E-state index contributed by atoms with van der Waals surface area (Å²) in [6.07, 6.45) is 0. The fourth-order valence-electron chi connectivity index (χ4n) is 3.09. The van der Waals surface area contributed by atoms with Crippen molar-refractivity contribution in [1.29, 1.82) is 0 Å². The topological polar surface area (TPSA) is 79.8 Å². The minimum absolute atomic E-state index is 0.0282. The van der Waals surface area contributed by atoms with Crippen LogP contribution in [0.25, 0.3) is 0 Å². The third-order valence-electron chi connectivity index (χ3n) is 4.45. The number of hydrogen-bond donors (Lipinski definition) is 2. The van der Waals surface area contributed by atoms with Crippen LogP contribution in [0.1, 0.15) is 22.0 Å². The van der Waals surface area contributed by atoms with E-state index in [9.17, 15) is 13.2 Å². The van der Waals surface area contributed by atoms with Crippen molar-refractivity contribution in [3.05, 3.63) is 57.8 Å². The monoisotopic (exact) mass is 413 g/mol. The Morgan fingerprint density at radius 1 is 1.31 bits per heavy atom. The Balaban J connectivity index is 1.65. The van der Waals surface area contributed by atoms with Crippen molar-refractivity contribution < 1.29 is 18.5 Å². The summed E-state index contributed by atoms with van der Waals surface area (Å²) in [5, 5.41) is 6.20. The van der Waals surface area contributed by atoms with E-state index < -0.39 is 21.3 Å². The molecule has 1 saturated heterocycles. The molecule has 1 aliphatic rings. The van der Waals surface area contributed by atoms with Gasteiger partial charge in [-0.05, 0) is 18.4 Å². The summed E-state index contributed by atoms with van der Waals surface area (Å²) in [4.78, 5) is 13.5. The molecule has 1 aromatic carbocycles. The average molecular weight is 414 g/mol. The molecule has 3 rings (SSSR count). The Morgan fingerprint density at radius 2 is 2.04 bits per heavy atom. The van der Waals surface area contributed by atoms with Gasteiger partial charge in [0, 0.05) is 5.56 Å². The normalized spacial score (nSPS) is 22.8. The number of aryl methyl sites for hydroxylation is 1. The number of benzene rings is 1. The molecular formula is C18H22ClN2O3S2+. The predicted molar refractivity (Wildman–Crippen MR) is 104 cm³/mol. The molecule has 0 unspecified atom stereocenters. The molecule has 0 radical (unpaired) electrons. The van der Waals surface area contributed by atoms with Gasteiger partial charge in [-0.1, -0.05) is 35.9 Å². The lowest BCUT2D eigenvalue weighted by molar-refractivity contribution is -0.676. The number of halogens is 1. The van der Waals surface area contributed by atoms with Crippen LogP contribution in [-0.2, 0) is 14.6 Å². The Labute approximate surface area is 162 Å². The smallest absolute Gasteiger partial charge is 0.275 e. The Morgan fingerprint density at radius 3 is 2.62 bits per heavy atom. The molecule has 26 heavy (non-hydrogen) atoms. The van der Waals surface area contributed by atoms with Crippen LogP contribution >= 0.6 is 22.9 Å². The first-order valence-electron chi connectivity index (χ1n) is 8.41. The number of carbonyl (C=O) groups is 1. The summed E-state index contributed by atoms with van der Waals surface area (Å²) >= 11 is 7.71. The minimum Gasteiger partial charge on any atom is -0.346 e. The molecule has 3 N–H and O–H groups in total. The average Bonchev–Trinajstić information content (AvgIpc) is 3.17. The van der Waals surface area contributed by atoms with Crippen molar-refractivity contribution in [2.24, 2.45) is 0 Å². The quantitative estimate of drug-likeness (QED) is 0.699. The molecule has 5 nitrogen and oxygen atoms in total. The van der Waals surface area contributed by atoms with Gasteiger partial charge in [-0.15, -0.1) is 22.9 Å². The van der Waals surface area contributed by atoms with Crippen LogP contribution in [0, 0.1) is 6.92 Å². The molecule has 2 heterocycles. The number of nitrogens with one attached hydrogen (secondary N) is 1. The summed E-state index contributed by atoms with van der Waals surface area (Å²) in [7, 11) is -3.16. The van der Waals surface area contributed by atoms with Crippen LogP contribution in [0.5, 0.6) is 0 Å². The highest BCUT2D eigenvalue weighted by Gasteiger charge is 2.37. The molecule has 0 bridgehead atoms. The van der Waals surface area contributed by atoms with Crippen molar-refractivity contribution in [2.75, 3.05) is 18.1 Å². The molecule has 3 atom stereocenters. The van der Waals surface area contributed by atoms with Crippen LogP contribution in [0.4, 0.5) is 0 Å². The van der Waals surface area contributed by atoms with Gasteiger partial charge in [0.1, 0.15) is 6.04 Å².